The number of sulfonamides is 1. The van der Waals surface area contributed by atoms with Crippen molar-refractivity contribution in [2.75, 3.05) is 0 Å². The largest absolute Gasteiger partial charge is 0.347 e. The number of benzene rings is 1. The van der Waals surface area contributed by atoms with Gasteiger partial charge < -0.3 is 5.32 Å². The molecule has 178 valence electrons. The van der Waals surface area contributed by atoms with Gasteiger partial charge in [0.25, 0.3) is 5.91 Å². The first-order valence-corrected chi connectivity index (χ1v) is 13.4. The number of amides is 1. The van der Waals surface area contributed by atoms with E-state index in [0.29, 0.717) is 17.0 Å². The van der Waals surface area contributed by atoms with Crippen LogP contribution in [0.5, 0.6) is 0 Å². The Labute approximate surface area is 200 Å². The van der Waals surface area contributed by atoms with Crippen LogP contribution in [0.1, 0.15) is 72.5 Å². The molecule has 0 atom stereocenters. The summed E-state index contributed by atoms with van der Waals surface area (Å²) in [5, 5.41) is 3.91. The second kappa shape index (κ2) is 9.48. The molecule has 33 heavy (non-hydrogen) atoms. The molecule has 0 aliphatic heterocycles. The minimum absolute atomic E-state index is 0.0737. The lowest BCUT2D eigenvalue weighted by Gasteiger charge is -2.16. The Kier molecular flexibility index (Phi) is 7.26. The number of thiophene rings is 1. The fourth-order valence-electron chi connectivity index (χ4n) is 3.53. The summed E-state index contributed by atoms with van der Waals surface area (Å²) in [6.45, 7) is 14.0. The fraction of sp³-hybridized carbons (Fsp3) is 0.458. The Hall–Kier alpha value is -2.36. The quantitative estimate of drug-likeness (QED) is 0.514. The molecule has 0 aliphatic rings. The maximum absolute atomic E-state index is 12.9. The highest BCUT2D eigenvalue weighted by atomic mass is 32.2. The van der Waals surface area contributed by atoms with Gasteiger partial charge >= 0.3 is 0 Å². The van der Waals surface area contributed by atoms with E-state index in [2.05, 4.69) is 35.8 Å². The number of aromatic nitrogens is 2. The van der Waals surface area contributed by atoms with Gasteiger partial charge in [-0.05, 0) is 44.4 Å². The number of nitrogens with zero attached hydrogens (tertiary/aromatic N) is 2. The van der Waals surface area contributed by atoms with E-state index in [4.69, 9.17) is 4.98 Å². The van der Waals surface area contributed by atoms with E-state index in [0.717, 1.165) is 32.9 Å². The van der Waals surface area contributed by atoms with Crippen molar-refractivity contribution in [3.63, 3.8) is 0 Å². The molecular formula is C24H32N4O3S2. The lowest BCUT2D eigenvalue weighted by Crippen LogP contribution is -2.31. The maximum Gasteiger partial charge on any atom is 0.261 e. The predicted molar refractivity (Wildman–Crippen MR) is 134 cm³/mol. The summed E-state index contributed by atoms with van der Waals surface area (Å²) in [6.07, 6.45) is 0. The van der Waals surface area contributed by atoms with E-state index < -0.39 is 10.0 Å². The summed E-state index contributed by atoms with van der Waals surface area (Å²) < 4.78 is 26.8. The van der Waals surface area contributed by atoms with Gasteiger partial charge in [-0.25, -0.2) is 23.1 Å². The van der Waals surface area contributed by atoms with Crippen molar-refractivity contribution in [2.45, 2.75) is 72.2 Å². The molecule has 0 saturated carbocycles. The summed E-state index contributed by atoms with van der Waals surface area (Å²) in [6, 6.07) is 7.08. The molecule has 2 N–H and O–H groups in total. The van der Waals surface area contributed by atoms with Crippen LogP contribution in [0.25, 0.3) is 10.2 Å². The predicted octanol–water partition coefficient (Wildman–Crippen LogP) is 4.36. The molecule has 0 fully saturated rings. The number of hydrogen-bond acceptors (Lipinski definition) is 6. The molecule has 0 radical (unpaired) electrons. The third kappa shape index (κ3) is 6.16. The van der Waals surface area contributed by atoms with Crippen LogP contribution in [0.3, 0.4) is 0 Å². The number of carbonyl (C=O) groups excluding carboxylic acids is 1. The molecule has 0 saturated heterocycles. The monoisotopic (exact) mass is 488 g/mol. The first kappa shape index (κ1) is 25.3. The van der Waals surface area contributed by atoms with E-state index in [1.807, 2.05) is 26.0 Å². The Morgan fingerprint density at radius 2 is 1.67 bits per heavy atom. The molecule has 0 bridgehead atoms. The number of carbonyl (C=O) groups is 1. The lowest BCUT2D eigenvalue weighted by atomic mass is 9.95. The standard InChI is InChI=1S/C24H32N4O3S2/c1-14(2)28-33(30,31)13-18-10-8-17(9-11-18)12-25-21(29)20-15(3)19-16(4)26-23(24(5,6)7)27-22(19)32-20/h8-11,14,28H,12-13H2,1-7H3,(H,25,29). The normalized spacial score (nSPS) is 12.5. The van der Waals surface area contributed by atoms with Crippen molar-refractivity contribution in [2.24, 2.45) is 0 Å². The highest BCUT2D eigenvalue weighted by Crippen LogP contribution is 2.33. The zero-order valence-electron chi connectivity index (χ0n) is 20.2. The van der Waals surface area contributed by atoms with Crippen molar-refractivity contribution in [1.82, 2.24) is 20.0 Å². The average Bonchev–Trinajstić information content (AvgIpc) is 3.02. The lowest BCUT2D eigenvalue weighted by molar-refractivity contribution is 0.0954. The Morgan fingerprint density at radius 3 is 2.24 bits per heavy atom. The number of fused-ring (bicyclic) bond motifs is 1. The van der Waals surface area contributed by atoms with E-state index in [1.54, 1.807) is 26.0 Å². The smallest absolute Gasteiger partial charge is 0.261 e. The van der Waals surface area contributed by atoms with Crippen molar-refractivity contribution >= 4 is 37.5 Å². The summed E-state index contributed by atoms with van der Waals surface area (Å²) in [4.78, 5) is 23.8. The van der Waals surface area contributed by atoms with Crippen molar-refractivity contribution in [3.8, 4) is 0 Å². The highest BCUT2D eigenvalue weighted by Gasteiger charge is 2.23. The molecule has 1 amide bonds. The summed E-state index contributed by atoms with van der Waals surface area (Å²) in [7, 11) is -3.37. The van der Waals surface area contributed by atoms with Crippen LogP contribution in [0.2, 0.25) is 0 Å². The molecule has 0 spiro atoms. The molecule has 1 aromatic carbocycles. The second-order valence-corrected chi connectivity index (χ2v) is 12.4. The van der Waals surface area contributed by atoms with E-state index in [9.17, 15) is 13.2 Å². The number of rotatable bonds is 7. The van der Waals surface area contributed by atoms with Crippen molar-refractivity contribution in [3.05, 3.63) is 57.4 Å². The summed E-state index contributed by atoms with van der Waals surface area (Å²) in [5.74, 6) is 0.543. The third-order valence-corrected chi connectivity index (χ3v) is 7.82. The van der Waals surface area contributed by atoms with Gasteiger partial charge in [0.1, 0.15) is 10.7 Å². The minimum Gasteiger partial charge on any atom is -0.347 e. The van der Waals surface area contributed by atoms with Crippen LogP contribution in [0, 0.1) is 13.8 Å². The zero-order chi connectivity index (χ0) is 24.6. The van der Waals surface area contributed by atoms with Crippen LogP contribution in [-0.4, -0.2) is 30.3 Å². The van der Waals surface area contributed by atoms with Gasteiger partial charge in [0.15, 0.2) is 0 Å². The van der Waals surface area contributed by atoms with E-state index in [1.165, 1.54) is 11.3 Å². The van der Waals surface area contributed by atoms with Gasteiger partial charge in [-0.3, -0.25) is 4.79 Å². The molecular weight excluding hydrogens is 456 g/mol. The average molecular weight is 489 g/mol. The Balaban J connectivity index is 1.72. The molecule has 2 heterocycles. The number of nitrogens with one attached hydrogen (secondary N) is 2. The van der Waals surface area contributed by atoms with Crippen molar-refractivity contribution < 1.29 is 13.2 Å². The van der Waals surface area contributed by atoms with E-state index in [-0.39, 0.29) is 23.1 Å². The molecule has 0 aliphatic carbocycles. The Bertz CT molecular complexity index is 1270. The topological polar surface area (TPSA) is 101 Å². The fourth-order valence-corrected chi connectivity index (χ4v) is 6.11. The third-order valence-electron chi connectivity index (χ3n) is 5.10. The Morgan fingerprint density at radius 1 is 1.06 bits per heavy atom. The molecule has 9 heteroatoms. The maximum atomic E-state index is 12.9. The first-order valence-electron chi connectivity index (χ1n) is 10.9. The summed E-state index contributed by atoms with van der Waals surface area (Å²) in [5.41, 5.74) is 3.20. The molecule has 3 aromatic rings. The molecule has 2 aromatic heterocycles. The number of hydrogen-bond donors (Lipinski definition) is 2. The van der Waals surface area contributed by atoms with Gasteiger partial charge in [-0.2, -0.15) is 0 Å². The van der Waals surface area contributed by atoms with Crippen LogP contribution < -0.4 is 10.0 Å². The molecule has 0 unspecified atom stereocenters. The van der Waals surface area contributed by atoms with E-state index >= 15 is 0 Å². The second-order valence-electron chi connectivity index (χ2n) is 9.65. The van der Waals surface area contributed by atoms with Gasteiger partial charge in [-0.1, -0.05) is 45.0 Å². The van der Waals surface area contributed by atoms with Crippen molar-refractivity contribution in [1.29, 1.82) is 0 Å². The minimum atomic E-state index is -3.37. The van der Waals surface area contributed by atoms with Gasteiger partial charge in [0, 0.05) is 23.4 Å². The van der Waals surface area contributed by atoms with Gasteiger partial charge in [0.2, 0.25) is 10.0 Å². The van der Waals surface area contributed by atoms with Gasteiger partial charge in [0.05, 0.1) is 16.3 Å². The summed E-state index contributed by atoms with van der Waals surface area (Å²) >= 11 is 1.39. The van der Waals surface area contributed by atoms with Crippen LogP contribution in [0.15, 0.2) is 24.3 Å². The molecule has 3 rings (SSSR count). The molecule has 7 nitrogen and oxygen atoms in total. The van der Waals surface area contributed by atoms with Crippen LogP contribution in [0.4, 0.5) is 0 Å². The SMILES string of the molecule is Cc1nc(C(C)(C)C)nc2sc(C(=O)NCc3ccc(CS(=O)(=O)NC(C)C)cc3)c(C)c12. The van der Waals surface area contributed by atoms with Crippen LogP contribution in [-0.2, 0) is 27.7 Å². The van der Waals surface area contributed by atoms with Crippen LogP contribution >= 0.6 is 11.3 Å². The zero-order valence-corrected chi connectivity index (χ0v) is 21.9. The van der Waals surface area contributed by atoms with Gasteiger partial charge in [-0.15, -0.1) is 11.3 Å². The first-order chi connectivity index (χ1) is 15.3. The number of aryl methyl sites for hydroxylation is 2. The highest BCUT2D eigenvalue weighted by molar-refractivity contribution is 7.88.